The first-order valence-electron chi connectivity index (χ1n) is 9.14. The summed E-state index contributed by atoms with van der Waals surface area (Å²) in [6.45, 7) is -0.263. The number of sulfonamides is 1. The van der Waals surface area contributed by atoms with Crippen LogP contribution >= 0.6 is 11.6 Å². The molecule has 1 unspecified atom stereocenters. The first-order chi connectivity index (χ1) is 14.4. The van der Waals surface area contributed by atoms with Crippen molar-refractivity contribution < 1.29 is 17.9 Å². The fourth-order valence-electron chi connectivity index (χ4n) is 3.33. The number of aromatic nitrogens is 3. The van der Waals surface area contributed by atoms with Crippen LogP contribution in [-0.2, 0) is 26.3 Å². The molecule has 2 aromatic carbocycles. The zero-order valence-electron chi connectivity index (χ0n) is 15.6. The molecule has 4 rings (SSSR count). The second-order valence-electron chi connectivity index (χ2n) is 6.73. The molecule has 30 heavy (non-hydrogen) atoms. The molecule has 0 radical (unpaired) electrons. The van der Waals surface area contributed by atoms with E-state index in [9.17, 15) is 18.0 Å². The number of ether oxygens (including phenoxy) is 1. The lowest BCUT2D eigenvalue weighted by Crippen LogP contribution is -2.42. The molecular weight excluding hydrogens is 432 g/mol. The van der Waals surface area contributed by atoms with Crippen LogP contribution in [0.2, 0.25) is 5.02 Å². The van der Waals surface area contributed by atoms with Gasteiger partial charge in [0.1, 0.15) is 11.6 Å². The number of esters is 1. The normalized spacial score (nSPS) is 17.3. The van der Waals surface area contributed by atoms with Crippen molar-refractivity contribution in [2.24, 2.45) is 0 Å². The summed E-state index contributed by atoms with van der Waals surface area (Å²) in [5.74, 6) is -0.744. The molecule has 1 aromatic heterocycles. The van der Waals surface area contributed by atoms with Crippen molar-refractivity contribution in [2.75, 3.05) is 6.54 Å². The van der Waals surface area contributed by atoms with E-state index in [2.05, 4.69) is 10.3 Å². The van der Waals surface area contributed by atoms with Crippen LogP contribution in [0.5, 0.6) is 0 Å². The molecule has 1 atom stereocenters. The second-order valence-corrected chi connectivity index (χ2v) is 9.06. The zero-order valence-corrected chi connectivity index (χ0v) is 17.2. The molecule has 0 bridgehead atoms. The number of fused-ring (bicyclic) bond motifs is 1. The van der Waals surface area contributed by atoms with Crippen LogP contribution in [0.4, 0.5) is 0 Å². The van der Waals surface area contributed by atoms with Gasteiger partial charge < -0.3 is 4.74 Å². The number of carbonyl (C=O) groups excluding carboxylic acids is 1. The Balaban J connectivity index is 1.51. The molecule has 156 valence electrons. The maximum absolute atomic E-state index is 12.9. The van der Waals surface area contributed by atoms with Crippen LogP contribution in [0.15, 0.2) is 58.2 Å². The van der Waals surface area contributed by atoms with E-state index >= 15 is 0 Å². The zero-order chi connectivity index (χ0) is 21.3. The van der Waals surface area contributed by atoms with Crippen LogP contribution in [0.25, 0.3) is 10.9 Å². The van der Waals surface area contributed by atoms with Gasteiger partial charge in [-0.1, -0.05) is 28.9 Å². The van der Waals surface area contributed by atoms with Crippen molar-refractivity contribution in [2.45, 2.75) is 30.5 Å². The predicted octanol–water partition coefficient (Wildman–Crippen LogP) is 1.80. The van der Waals surface area contributed by atoms with Gasteiger partial charge >= 0.3 is 5.97 Å². The Bertz CT molecular complexity index is 1260. The van der Waals surface area contributed by atoms with Crippen molar-refractivity contribution in [1.29, 1.82) is 0 Å². The molecule has 0 spiro atoms. The fourth-order valence-corrected chi connectivity index (χ4v) is 5.11. The Morgan fingerprint density at radius 3 is 2.67 bits per heavy atom. The lowest BCUT2D eigenvalue weighted by atomic mass is 10.2. The molecule has 0 amide bonds. The van der Waals surface area contributed by atoms with Gasteiger partial charge in [0.05, 0.1) is 10.3 Å². The number of rotatable bonds is 5. The quantitative estimate of drug-likeness (QED) is 0.547. The van der Waals surface area contributed by atoms with Crippen molar-refractivity contribution in [1.82, 2.24) is 19.3 Å². The van der Waals surface area contributed by atoms with Crippen molar-refractivity contribution in [3.8, 4) is 0 Å². The van der Waals surface area contributed by atoms with Gasteiger partial charge in [0.15, 0.2) is 6.73 Å². The molecule has 0 saturated carbocycles. The number of hydrogen-bond acceptors (Lipinski definition) is 7. The van der Waals surface area contributed by atoms with E-state index in [1.807, 2.05) is 0 Å². The van der Waals surface area contributed by atoms with E-state index in [0.29, 0.717) is 28.8 Å². The lowest BCUT2D eigenvalue weighted by Gasteiger charge is -2.22. The largest absolute Gasteiger partial charge is 0.441 e. The van der Waals surface area contributed by atoms with Gasteiger partial charge in [0.25, 0.3) is 5.56 Å². The Hall–Kier alpha value is -2.82. The summed E-state index contributed by atoms with van der Waals surface area (Å²) in [6.07, 6.45) is 0.840. The molecule has 1 saturated heterocycles. The van der Waals surface area contributed by atoms with E-state index in [-0.39, 0.29) is 11.4 Å². The van der Waals surface area contributed by atoms with Gasteiger partial charge in [0.2, 0.25) is 10.0 Å². The van der Waals surface area contributed by atoms with Gasteiger partial charge in [-0.3, -0.25) is 9.59 Å². The Labute approximate surface area is 176 Å². The highest BCUT2D eigenvalue weighted by Gasteiger charge is 2.40. The van der Waals surface area contributed by atoms with E-state index in [0.717, 1.165) is 8.99 Å². The molecule has 0 aliphatic carbocycles. The third kappa shape index (κ3) is 3.81. The third-order valence-corrected chi connectivity index (χ3v) is 7.03. The first-order valence-corrected chi connectivity index (χ1v) is 11.0. The third-order valence-electron chi connectivity index (χ3n) is 4.85. The minimum atomic E-state index is -3.89. The first kappa shape index (κ1) is 20.5. The SMILES string of the molecule is O=C(OCn1nnc2ccccc2c1=O)C1CCCN1S(=O)(=O)c1ccc(Cl)cc1. The van der Waals surface area contributed by atoms with Crippen LogP contribution in [0.1, 0.15) is 12.8 Å². The monoisotopic (exact) mass is 448 g/mol. The van der Waals surface area contributed by atoms with Gasteiger partial charge in [-0.25, -0.2) is 8.42 Å². The van der Waals surface area contributed by atoms with Gasteiger partial charge in [-0.15, -0.1) is 5.10 Å². The van der Waals surface area contributed by atoms with Gasteiger partial charge in [-0.05, 0) is 49.2 Å². The highest BCUT2D eigenvalue weighted by molar-refractivity contribution is 7.89. The van der Waals surface area contributed by atoms with E-state index in [1.165, 1.54) is 24.3 Å². The maximum Gasteiger partial charge on any atom is 0.326 e. The van der Waals surface area contributed by atoms with Crippen LogP contribution in [0.3, 0.4) is 0 Å². The number of halogens is 1. The van der Waals surface area contributed by atoms with Gasteiger partial charge in [0, 0.05) is 11.6 Å². The summed E-state index contributed by atoms with van der Waals surface area (Å²) in [5.41, 5.74) is -0.0217. The van der Waals surface area contributed by atoms with Crippen LogP contribution in [-0.4, -0.2) is 46.3 Å². The van der Waals surface area contributed by atoms with E-state index in [4.69, 9.17) is 16.3 Å². The van der Waals surface area contributed by atoms with Crippen molar-refractivity contribution >= 4 is 38.5 Å². The minimum Gasteiger partial charge on any atom is -0.441 e. The molecule has 1 aliphatic rings. The summed E-state index contributed by atoms with van der Waals surface area (Å²) in [5, 5.41) is 8.44. The second kappa shape index (κ2) is 8.13. The van der Waals surface area contributed by atoms with E-state index in [1.54, 1.807) is 24.3 Å². The minimum absolute atomic E-state index is 0.0446. The standard InChI is InChI=1S/C19H17ClN4O5S/c20-13-7-9-14(10-8-13)30(27,28)24-11-3-6-17(24)19(26)29-12-23-18(25)15-4-1-2-5-16(15)21-22-23/h1-2,4-5,7-10,17H,3,6,11-12H2. The number of nitrogens with zero attached hydrogens (tertiary/aromatic N) is 4. The molecule has 1 fully saturated rings. The Kier molecular flexibility index (Phi) is 5.54. The highest BCUT2D eigenvalue weighted by Crippen LogP contribution is 2.27. The molecule has 2 heterocycles. The number of carbonyl (C=O) groups is 1. The number of benzene rings is 2. The summed E-state index contributed by atoms with van der Waals surface area (Å²) in [4.78, 5) is 25.1. The van der Waals surface area contributed by atoms with E-state index < -0.39 is 34.3 Å². The summed E-state index contributed by atoms with van der Waals surface area (Å²) < 4.78 is 33.1. The average Bonchev–Trinajstić information content (AvgIpc) is 3.25. The molecular formula is C19H17ClN4O5S. The maximum atomic E-state index is 12.9. The fraction of sp³-hybridized carbons (Fsp3) is 0.263. The molecule has 1 aliphatic heterocycles. The van der Waals surface area contributed by atoms with Crippen LogP contribution in [0, 0.1) is 0 Å². The number of hydrogen-bond donors (Lipinski definition) is 0. The summed E-state index contributed by atoms with van der Waals surface area (Å²) in [7, 11) is -3.89. The molecule has 0 N–H and O–H groups in total. The van der Waals surface area contributed by atoms with Crippen molar-refractivity contribution in [3.63, 3.8) is 0 Å². The van der Waals surface area contributed by atoms with Crippen LogP contribution < -0.4 is 5.56 Å². The summed E-state index contributed by atoms with van der Waals surface area (Å²) >= 11 is 5.83. The smallest absolute Gasteiger partial charge is 0.326 e. The molecule has 11 heteroatoms. The lowest BCUT2D eigenvalue weighted by molar-refractivity contribution is -0.152. The average molecular weight is 449 g/mol. The molecule has 3 aromatic rings. The highest BCUT2D eigenvalue weighted by atomic mass is 35.5. The predicted molar refractivity (Wildman–Crippen MR) is 108 cm³/mol. The Morgan fingerprint density at radius 2 is 1.90 bits per heavy atom. The topological polar surface area (TPSA) is 111 Å². The summed E-state index contributed by atoms with van der Waals surface area (Å²) in [6, 6.07) is 11.4. The molecule has 9 nitrogen and oxygen atoms in total. The Morgan fingerprint density at radius 1 is 1.17 bits per heavy atom. The van der Waals surface area contributed by atoms with Crippen molar-refractivity contribution in [3.05, 3.63) is 63.9 Å². The van der Waals surface area contributed by atoms with Gasteiger partial charge in [-0.2, -0.15) is 8.99 Å².